The quantitative estimate of drug-likeness (QED) is 0.381. The van der Waals surface area contributed by atoms with Crippen molar-refractivity contribution in [2.75, 3.05) is 5.45 Å². The molecule has 1 atom stereocenters. The zero-order valence-corrected chi connectivity index (χ0v) is 6.28. The van der Waals surface area contributed by atoms with E-state index in [0.717, 1.165) is 0 Å². The first kappa shape index (κ1) is 8.32. The van der Waals surface area contributed by atoms with Gasteiger partial charge in [-0.25, -0.2) is 12.8 Å². The second kappa shape index (κ2) is 4.22. The molecule has 0 aliphatic carbocycles. The first-order valence-corrected chi connectivity index (χ1v) is 4.12. The van der Waals surface area contributed by atoms with Crippen molar-refractivity contribution in [2.24, 2.45) is 0 Å². The van der Waals surface area contributed by atoms with E-state index in [1.165, 1.54) is 0 Å². The van der Waals surface area contributed by atoms with Crippen molar-refractivity contribution in [3.63, 3.8) is 0 Å². The van der Waals surface area contributed by atoms with Crippen molar-refractivity contribution in [2.45, 2.75) is 5.63 Å². The molecule has 0 rings (SSSR count). The smallest absolute Gasteiger partial charge is 0.250 e. The molecule has 50 valence electrons. The molecule has 0 bridgehead atoms. The summed E-state index contributed by atoms with van der Waals surface area (Å²) in [6.07, 6.45) is 0. The van der Waals surface area contributed by atoms with E-state index in [9.17, 15) is 12.8 Å². The van der Waals surface area contributed by atoms with Gasteiger partial charge < -0.3 is 0 Å². The summed E-state index contributed by atoms with van der Waals surface area (Å²) < 4.78 is 31.1. The topological polar surface area (TPSA) is 46.2 Å². The average Bonchev–Trinajstić information content (AvgIpc) is 1.67. The molecule has 0 spiro atoms. The van der Waals surface area contributed by atoms with Crippen LogP contribution in [0.4, 0.5) is 4.39 Å². The van der Waals surface area contributed by atoms with Crippen LogP contribution in [0.25, 0.3) is 0 Å². The van der Waals surface area contributed by atoms with E-state index in [2.05, 4.69) is 15.9 Å². The van der Waals surface area contributed by atoms with E-state index in [4.69, 9.17) is 0 Å². The Bertz CT molecular complexity index is 119. The number of thiol groups is 1. The van der Waals surface area contributed by atoms with Gasteiger partial charge in [-0.15, -0.1) is 0 Å². The largest absolute Gasteiger partial charge is 0.265 e. The first-order valence-electron chi connectivity index (χ1n) is 1.75. The predicted octanol–water partition coefficient (Wildman–Crippen LogP) is -0.207. The molecule has 1 N–H and O–H groups in total. The molecule has 8 heavy (non-hydrogen) atoms. The van der Waals surface area contributed by atoms with Gasteiger partial charge in [0.05, 0.1) is 5.45 Å². The highest BCUT2D eigenvalue weighted by Gasteiger charge is 2.03. The fourth-order valence-corrected chi connectivity index (χ4v) is 0.913. The minimum Gasteiger partial charge on any atom is -0.265 e. The third kappa shape index (κ3) is 3.34. The lowest BCUT2D eigenvalue weighted by Crippen LogP contribution is -2.23. The van der Waals surface area contributed by atoms with Crippen LogP contribution in [0, 0.1) is 0 Å². The summed E-state index contributed by atoms with van der Waals surface area (Å²) in [5, 5.41) is 2.00. The maximum atomic E-state index is 11.8. The van der Waals surface area contributed by atoms with Crippen molar-refractivity contribution >= 4 is 26.6 Å². The van der Waals surface area contributed by atoms with E-state index in [1.54, 1.807) is 0 Å². The van der Waals surface area contributed by atoms with Gasteiger partial charge in [0.2, 0.25) is 0 Å². The third-order valence-electron chi connectivity index (χ3n) is 0.431. The van der Waals surface area contributed by atoms with Crippen LogP contribution in [0.1, 0.15) is 0 Å². The molecule has 0 aliphatic heterocycles. The van der Waals surface area contributed by atoms with E-state index in [1.807, 2.05) is 5.32 Å². The summed E-state index contributed by atoms with van der Waals surface area (Å²) in [6.45, 7) is 0. The van der Waals surface area contributed by atoms with Crippen molar-refractivity contribution in [3.05, 3.63) is 0 Å². The molecule has 0 aromatic heterocycles. The minimum atomic E-state index is -2.98. The van der Waals surface area contributed by atoms with E-state index >= 15 is 0 Å². The normalized spacial score (nSPS) is 14.4. The molecule has 0 amide bonds. The molecule has 0 aliphatic rings. The summed E-state index contributed by atoms with van der Waals surface area (Å²) in [7, 11) is -2.98. The lowest BCUT2D eigenvalue weighted by molar-refractivity contribution is 0.384. The monoisotopic (exact) mass is 205 g/mol. The molecule has 3 nitrogen and oxygen atoms in total. The van der Waals surface area contributed by atoms with E-state index < -0.39 is 16.3 Å². The standard InChI is InChI=1S/C2H5BrFNO2S/c3-1-5-2(4)8(6)7/h2,5,8H,1H2. The van der Waals surface area contributed by atoms with Crippen LogP contribution in [0.2, 0.25) is 0 Å². The van der Waals surface area contributed by atoms with Crippen molar-refractivity contribution in [3.8, 4) is 0 Å². The SMILES string of the molecule is O=[SH](=O)C(F)NCBr. The molecule has 6 heteroatoms. The lowest BCUT2D eigenvalue weighted by Gasteiger charge is -1.95. The third-order valence-corrected chi connectivity index (χ3v) is 1.31. The zero-order valence-electron chi connectivity index (χ0n) is 3.80. The molecule has 0 heterocycles. The number of hydrogen-bond donors (Lipinski definition) is 2. The van der Waals surface area contributed by atoms with Gasteiger partial charge in [0.1, 0.15) is 0 Å². The maximum Gasteiger partial charge on any atom is 0.250 e. The highest BCUT2D eigenvalue weighted by atomic mass is 79.9. The van der Waals surface area contributed by atoms with Crippen LogP contribution < -0.4 is 5.32 Å². The lowest BCUT2D eigenvalue weighted by atomic mass is 11.2. The van der Waals surface area contributed by atoms with Gasteiger partial charge in [-0.3, -0.25) is 5.32 Å². The molecule has 0 aromatic carbocycles. The van der Waals surface area contributed by atoms with Gasteiger partial charge >= 0.3 is 0 Å². The Morgan fingerprint density at radius 2 is 2.25 bits per heavy atom. The fourth-order valence-electron chi connectivity index (χ4n) is 0.138. The van der Waals surface area contributed by atoms with Crippen LogP contribution in [0.15, 0.2) is 0 Å². The molecule has 0 saturated heterocycles. The number of hydrogen-bond acceptors (Lipinski definition) is 3. The summed E-state index contributed by atoms with van der Waals surface area (Å²) in [5.41, 5.74) is -1.79. The van der Waals surface area contributed by atoms with Gasteiger partial charge in [0.15, 0.2) is 10.7 Å². The van der Waals surface area contributed by atoms with Gasteiger partial charge in [0.25, 0.3) is 5.63 Å². The zero-order chi connectivity index (χ0) is 6.57. The van der Waals surface area contributed by atoms with Crippen molar-refractivity contribution in [1.82, 2.24) is 5.32 Å². The van der Waals surface area contributed by atoms with Crippen LogP contribution in [-0.4, -0.2) is 19.5 Å². The summed E-state index contributed by atoms with van der Waals surface area (Å²) >= 11 is 2.80. The fraction of sp³-hybridized carbons (Fsp3) is 1.00. The number of halogens is 2. The Labute approximate surface area is 56.3 Å². The average molecular weight is 206 g/mol. The van der Waals surface area contributed by atoms with Gasteiger partial charge in [-0.05, 0) is 0 Å². The molecule has 1 unspecified atom stereocenters. The highest BCUT2D eigenvalue weighted by Crippen LogP contribution is 1.85. The van der Waals surface area contributed by atoms with Gasteiger partial charge in [-0.1, -0.05) is 15.9 Å². The molecule has 0 fully saturated rings. The minimum absolute atomic E-state index is 0.136. The van der Waals surface area contributed by atoms with Gasteiger partial charge in [0, 0.05) is 0 Å². The first-order chi connectivity index (χ1) is 3.68. The summed E-state index contributed by atoms with van der Waals surface area (Å²) in [5.74, 6) is 0. The van der Waals surface area contributed by atoms with Crippen LogP contribution in [0.3, 0.4) is 0 Å². The molecule has 0 radical (unpaired) electrons. The van der Waals surface area contributed by atoms with Crippen LogP contribution >= 0.6 is 15.9 Å². The molecule has 0 aromatic rings. The molecular formula is C2H5BrFNO2S. The van der Waals surface area contributed by atoms with Crippen LogP contribution in [-0.2, 0) is 10.7 Å². The van der Waals surface area contributed by atoms with Crippen molar-refractivity contribution < 1.29 is 12.8 Å². The number of nitrogens with one attached hydrogen (secondary N) is 1. The summed E-state index contributed by atoms with van der Waals surface area (Å²) in [6, 6.07) is 0. The Morgan fingerprint density at radius 1 is 1.75 bits per heavy atom. The maximum absolute atomic E-state index is 11.8. The number of alkyl halides is 2. The van der Waals surface area contributed by atoms with Crippen LogP contribution in [0.5, 0.6) is 0 Å². The second-order valence-corrected chi connectivity index (χ2v) is 2.54. The van der Waals surface area contributed by atoms with Crippen molar-refractivity contribution in [1.29, 1.82) is 0 Å². The Hall–Kier alpha value is 0.320. The molecule has 0 saturated carbocycles. The van der Waals surface area contributed by atoms with E-state index in [0.29, 0.717) is 0 Å². The predicted molar refractivity (Wildman–Crippen MR) is 32.1 cm³/mol. The molecular weight excluding hydrogens is 201 g/mol. The summed E-state index contributed by atoms with van der Waals surface area (Å²) in [4.78, 5) is 0. The highest BCUT2D eigenvalue weighted by molar-refractivity contribution is 9.09. The van der Waals surface area contributed by atoms with E-state index in [-0.39, 0.29) is 5.45 Å². The second-order valence-electron chi connectivity index (χ2n) is 0.959. The Morgan fingerprint density at radius 3 is 2.38 bits per heavy atom. The Kier molecular flexibility index (Phi) is 4.39. The number of rotatable bonds is 3. The Balaban J connectivity index is 3.48. The van der Waals surface area contributed by atoms with Gasteiger partial charge in [-0.2, -0.15) is 0 Å².